The number of hydrogen-bond donors (Lipinski definition) is 0. The molecule has 0 aromatic rings. The molecule has 1 aliphatic heterocycles. The minimum atomic E-state index is 0.233. The van der Waals surface area contributed by atoms with Crippen LogP contribution in [0.25, 0.3) is 0 Å². The molecule has 1 atom stereocenters. The Balaban J connectivity index is 1.59. The zero-order valence-electron chi connectivity index (χ0n) is 12.1. The Bertz CT molecular complexity index is 217. The van der Waals surface area contributed by atoms with Crippen LogP contribution in [-0.2, 0) is 9.47 Å². The quantitative estimate of drug-likeness (QED) is 0.424. The molecule has 1 unspecified atom stereocenters. The zero-order chi connectivity index (χ0) is 12.7. The van der Waals surface area contributed by atoms with E-state index in [0.717, 1.165) is 13.2 Å². The third-order valence-corrected chi connectivity index (χ3v) is 4.48. The molecule has 1 saturated heterocycles. The van der Waals surface area contributed by atoms with Crippen molar-refractivity contribution in [2.45, 2.75) is 89.3 Å². The molecule has 1 aliphatic carbocycles. The van der Waals surface area contributed by atoms with Crippen LogP contribution in [0.2, 0.25) is 0 Å². The van der Waals surface area contributed by atoms with Gasteiger partial charge in [-0.3, -0.25) is 0 Å². The molecule has 18 heavy (non-hydrogen) atoms. The molecular weight excluding hydrogens is 224 g/mol. The van der Waals surface area contributed by atoms with Crippen LogP contribution in [0.3, 0.4) is 0 Å². The van der Waals surface area contributed by atoms with Crippen LogP contribution in [0.15, 0.2) is 0 Å². The molecule has 106 valence electrons. The summed E-state index contributed by atoms with van der Waals surface area (Å²) < 4.78 is 11.5. The van der Waals surface area contributed by atoms with E-state index >= 15 is 0 Å². The van der Waals surface area contributed by atoms with Gasteiger partial charge in [0.2, 0.25) is 0 Å². The normalized spacial score (nSPS) is 25.5. The second-order valence-electron chi connectivity index (χ2n) is 6.17. The summed E-state index contributed by atoms with van der Waals surface area (Å²) in [5.41, 5.74) is 0.233. The standard InChI is InChI=1S/C16H30O2/c1-2-3-4-5-6-7-10-16(11-8-9-12-16)18-14-15-13-17-15/h15H,2-14H2,1H3. The monoisotopic (exact) mass is 254 g/mol. The number of unbranched alkanes of at least 4 members (excludes halogenated alkanes) is 5. The maximum Gasteiger partial charge on any atom is 0.104 e. The third kappa shape index (κ3) is 4.89. The maximum atomic E-state index is 6.22. The Hall–Kier alpha value is -0.0800. The fourth-order valence-electron chi connectivity index (χ4n) is 3.15. The Labute approximate surface area is 112 Å². The first-order chi connectivity index (χ1) is 8.85. The first-order valence-corrected chi connectivity index (χ1v) is 8.10. The summed E-state index contributed by atoms with van der Waals surface area (Å²) in [7, 11) is 0. The van der Waals surface area contributed by atoms with Crippen molar-refractivity contribution in [1.82, 2.24) is 0 Å². The molecule has 2 aliphatic rings. The molecule has 2 fully saturated rings. The van der Waals surface area contributed by atoms with Gasteiger partial charge in [-0.1, -0.05) is 58.3 Å². The van der Waals surface area contributed by atoms with Gasteiger partial charge in [-0.25, -0.2) is 0 Å². The molecule has 1 heterocycles. The summed E-state index contributed by atoms with van der Waals surface area (Å²) >= 11 is 0. The molecule has 0 radical (unpaired) electrons. The topological polar surface area (TPSA) is 21.8 Å². The van der Waals surface area contributed by atoms with Gasteiger partial charge in [0.1, 0.15) is 6.10 Å². The van der Waals surface area contributed by atoms with E-state index in [1.807, 2.05) is 0 Å². The number of epoxide rings is 1. The van der Waals surface area contributed by atoms with E-state index in [0.29, 0.717) is 6.10 Å². The Morgan fingerprint density at radius 3 is 2.39 bits per heavy atom. The molecule has 1 saturated carbocycles. The fraction of sp³-hybridized carbons (Fsp3) is 1.00. The summed E-state index contributed by atoms with van der Waals surface area (Å²) in [5, 5.41) is 0. The molecule has 0 amide bonds. The average molecular weight is 254 g/mol. The molecule has 0 spiro atoms. The SMILES string of the molecule is CCCCCCCCC1(OCC2CO2)CCCC1. The largest absolute Gasteiger partial charge is 0.372 e. The number of rotatable bonds is 10. The molecule has 0 N–H and O–H groups in total. The first kappa shape index (κ1) is 14.3. The maximum absolute atomic E-state index is 6.22. The van der Waals surface area contributed by atoms with Gasteiger partial charge in [0, 0.05) is 0 Å². The van der Waals surface area contributed by atoms with Crippen LogP contribution in [0, 0.1) is 0 Å². The summed E-state index contributed by atoms with van der Waals surface area (Å²) in [6.45, 7) is 4.05. The van der Waals surface area contributed by atoms with Crippen molar-refractivity contribution in [3.8, 4) is 0 Å². The van der Waals surface area contributed by atoms with E-state index in [2.05, 4.69) is 6.92 Å². The molecule has 2 heteroatoms. The van der Waals surface area contributed by atoms with Crippen LogP contribution < -0.4 is 0 Å². The van der Waals surface area contributed by atoms with Crippen LogP contribution in [0.4, 0.5) is 0 Å². The minimum absolute atomic E-state index is 0.233. The van der Waals surface area contributed by atoms with E-state index in [9.17, 15) is 0 Å². The Morgan fingerprint density at radius 2 is 1.72 bits per heavy atom. The van der Waals surface area contributed by atoms with Gasteiger partial charge >= 0.3 is 0 Å². The van der Waals surface area contributed by atoms with Crippen LogP contribution >= 0.6 is 0 Å². The van der Waals surface area contributed by atoms with Gasteiger partial charge in [-0.2, -0.15) is 0 Å². The second-order valence-corrected chi connectivity index (χ2v) is 6.17. The smallest absolute Gasteiger partial charge is 0.104 e. The molecular formula is C16H30O2. The third-order valence-electron chi connectivity index (χ3n) is 4.48. The first-order valence-electron chi connectivity index (χ1n) is 8.10. The summed E-state index contributed by atoms with van der Waals surface area (Å²) in [6.07, 6.45) is 15.3. The Kier molecular flexibility index (Phi) is 5.97. The molecule has 0 bridgehead atoms. The van der Waals surface area contributed by atoms with Gasteiger partial charge in [0.25, 0.3) is 0 Å². The predicted octanol–water partition coefficient (Wildman–Crippen LogP) is 4.47. The van der Waals surface area contributed by atoms with Crippen molar-refractivity contribution in [2.24, 2.45) is 0 Å². The summed E-state index contributed by atoms with van der Waals surface area (Å²) in [6, 6.07) is 0. The lowest BCUT2D eigenvalue weighted by Crippen LogP contribution is -2.30. The van der Waals surface area contributed by atoms with Crippen molar-refractivity contribution >= 4 is 0 Å². The van der Waals surface area contributed by atoms with E-state index in [1.165, 1.54) is 70.6 Å². The van der Waals surface area contributed by atoms with Crippen LogP contribution in [-0.4, -0.2) is 24.9 Å². The van der Waals surface area contributed by atoms with E-state index < -0.39 is 0 Å². The molecule has 2 rings (SSSR count). The highest BCUT2D eigenvalue weighted by molar-refractivity contribution is 4.87. The lowest BCUT2D eigenvalue weighted by molar-refractivity contribution is -0.0537. The molecule has 2 nitrogen and oxygen atoms in total. The van der Waals surface area contributed by atoms with Crippen molar-refractivity contribution in [2.75, 3.05) is 13.2 Å². The lowest BCUT2D eigenvalue weighted by Gasteiger charge is -2.29. The molecule has 0 aromatic carbocycles. The Morgan fingerprint density at radius 1 is 1.06 bits per heavy atom. The lowest BCUT2D eigenvalue weighted by atomic mass is 9.93. The second kappa shape index (κ2) is 7.49. The predicted molar refractivity (Wildman–Crippen MR) is 74.9 cm³/mol. The highest BCUT2D eigenvalue weighted by Gasteiger charge is 2.36. The zero-order valence-corrected chi connectivity index (χ0v) is 12.1. The number of ether oxygens (including phenoxy) is 2. The summed E-state index contributed by atoms with van der Waals surface area (Å²) in [4.78, 5) is 0. The van der Waals surface area contributed by atoms with Crippen LogP contribution in [0.5, 0.6) is 0 Å². The highest BCUT2D eigenvalue weighted by Crippen LogP contribution is 2.38. The minimum Gasteiger partial charge on any atom is -0.372 e. The fourth-order valence-corrected chi connectivity index (χ4v) is 3.15. The van der Waals surface area contributed by atoms with Crippen molar-refractivity contribution in [1.29, 1.82) is 0 Å². The van der Waals surface area contributed by atoms with Crippen molar-refractivity contribution in [3.63, 3.8) is 0 Å². The number of hydrogen-bond acceptors (Lipinski definition) is 2. The van der Waals surface area contributed by atoms with E-state index in [4.69, 9.17) is 9.47 Å². The van der Waals surface area contributed by atoms with E-state index in [-0.39, 0.29) is 5.60 Å². The van der Waals surface area contributed by atoms with Crippen molar-refractivity contribution in [3.05, 3.63) is 0 Å². The average Bonchev–Trinajstić information content (AvgIpc) is 3.11. The van der Waals surface area contributed by atoms with Crippen LogP contribution in [0.1, 0.15) is 77.6 Å². The van der Waals surface area contributed by atoms with Gasteiger partial charge in [0.15, 0.2) is 0 Å². The van der Waals surface area contributed by atoms with Gasteiger partial charge in [0.05, 0.1) is 18.8 Å². The summed E-state index contributed by atoms with van der Waals surface area (Å²) in [5.74, 6) is 0. The van der Waals surface area contributed by atoms with Gasteiger partial charge in [-0.05, 0) is 19.3 Å². The van der Waals surface area contributed by atoms with E-state index in [1.54, 1.807) is 0 Å². The van der Waals surface area contributed by atoms with Crippen molar-refractivity contribution < 1.29 is 9.47 Å². The van der Waals surface area contributed by atoms with Gasteiger partial charge in [-0.15, -0.1) is 0 Å². The van der Waals surface area contributed by atoms with Gasteiger partial charge < -0.3 is 9.47 Å². The highest BCUT2D eigenvalue weighted by atomic mass is 16.6. The molecule has 0 aromatic heterocycles.